The monoisotopic (exact) mass is 292 g/mol. The maximum Gasteiger partial charge on any atom is 0.303 e. The van der Waals surface area contributed by atoms with Crippen LogP contribution in [0.4, 0.5) is 0 Å². The topological polar surface area (TPSA) is 99.0 Å². The molecule has 0 rings (SSSR count). The summed E-state index contributed by atoms with van der Waals surface area (Å²) >= 11 is -2.70. The summed E-state index contributed by atoms with van der Waals surface area (Å²) in [6.07, 6.45) is 6.47. The number of aliphatic carboxylic acids is 1. The Morgan fingerprint density at radius 2 is 1.84 bits per heavy atom. The van der Waals surface area contributed by atoms with Gasteiger partial charge in [0, 0.05) is 13.0 Å². The van der Waals surface area contributed by atoms with E-state index in [4.69, 9.17) is 5.11 Å². The molecule has 1 unspecified atom stereocenters. The number of rotatable bonds is 11. The van der Waals surface area contributed by atoms with Crippen LogP contribution in [0.25, 0.3) is 0 Å². The Morgan fingerprint density at radius 3 is 2.42 bits per heavy atom. The van der Waals surface area contributed by atoms with Gasteiger partial charge in [-0.2, -0.15) is 0 Å². The van der Waals surface area contributed by atoms with Crippen molar-refractivity contribution in [3.8, 4) is 0 Å². The molecule has 0 heterocycles. The van der Waals surface area contributed by atoms with Crippen molar-refractivity contribution in [2.45, 2.75) is 58.3 Å². The van der Waals surface area contributed by atoms with Crippen molar-refractivity contribution in [3.05, 3.63) is 0 Å². The van der Waals surface area contributed by atoms with E-state index in [1.54, 1.807) is 0 Å². The van der Waals surface area contributed by atoms with Crippen LogP contribution in [0.15, 0.2) is 4.99 Å². The molecule has 1 atom stereocenters. The highest BCUT2D eigenvalue weighted by molar-refractivity contribution is 7.74. The van der Waals surface area contributed by atoms with E-state index in [-0.39, 0.29) is 18.7 Å². The van der Waals surface area contributed by atoms with E-state index in [0.29, 0.717) is 6.54 Å². The molecule has 19 heavy (non-hydrogen) atoms. The highest BCUT2D eigenvalue weighted by atomic mass is 32.2. The van der Waals surface area contributed by atoms with Crippen LogP contribution in [0.2, 0.25) is 0 Å². The van der Waals surface area contributed by atoms with Crippen LogP contribution in [0.5, 0.6) is 0 Å². The largest absolute Gasteiger partial charge is 0.740 e. The molecule has 0 aromatic carbocycles. The molecule has 0 aliphatic carbocycles. The van der Waals surface area contributed by atoms with Crippen LogP contribution in [0, 0.1) is 0 Å². The molecule has 1 N–H and O–H groups in total. The number of aliphatic imine (C=N–C) groups is 1. The molecule has 0 aromatic heterocycles. The molecule has 0 radical (unpaired) electrons. The van der Waals surface area contributed by atoms with Gasteiger partial charge >= 0.3 is 5.97 Å². The first-order chi connectivity index (χ1) is 9.06. The van der Waals surface area contributed by atoms with Crippen LogP contribution < -0.4 is 0 Å². The minimum atomic E-state index is -2.70. The van der Waals surface area contributed by atoms with Crippen molar-refractivity contribution in [3.63, 3.8) is 0 Å². The van der Waals surface area contributed by atoms with Crippen LogP contribution in [0.3, 0.4) is 0 Å². The first-order valence-corrected chi connectivity index (χ1v) is 7.59. The van der Waals surface area contributed by atoms with Crippen LogP contribution in [0.1, 0.15) is 58.3 Å². The fraction of sp³-hybridized carbons (Fsp3) is 0.833. The molecular weight excluding hydrogens is 270 g/mol. The van der Waals surface area contributed by atoms with E-state index in [1.165, 1.54) is 19.3 Å². The molecule has 7 heteroatoms. The van der Waals surface area contributed by atoms with Crippen molar-refractivity contribution in [2.24, 2.45) is 4.99 Å². The van der Waals surface area contributed by atoms with Gasteiger partial charge in [0.25, 0.3) is 0 Å². The normalized spacial score (nSPS) is 13.3. The zero-order valence-electron chi connectivity index (χ0n) is 11.3. The van der Waals surface area contributed by atoms with Gasteiger partial charge in [0.2, 0.25) is 5.90 Å². The summed E-state index contributed by atoms with van der Waals surface area (Å²) in [5, 5.41) is 8.52. The van der Waals surface area contributed by atoms with Gasteiger partial charge in [0.15, 0.2) is 0 Å². The first-order valence-electron chi connectivity index (χ1n) is 6.59. The molecule has 0 aromatic rings. The van der Waals surface area contributed by atoms with Gasteiger partial charge in [0.05, 0.1) is 6.42 Å². The van der Waals surface area contributed by atoms with Crippen molar-refractivity contribution in [1.82, 2.24) is 0 Å². The molecule has 0 amide bonds. The summed E-state index contributed by atoms with van der Waals surface area (Å²) in [5.74, 6) is -1.03. The van der Waals surface area contributed by atoms with Gasteiger partial charge in [-0.05, 0) is 6.42 Å². The molecule has 0 saturated carbocycles. The SMILES string of the molecule is CCCCCCCCN=C(CCC(=O)O)OS(=O)[O-]. The predicted molar refractivity (Wildman–Crippen MR) is 72.6 cm³/mol. The van der Waals surface area contributed by atoms with Crippen molar-refractivity contribution in [1.29, 1.82) is 0 Å². The maximum absolute atomic E-state index is 10.4. The number of carboxylic acid groups (broad SMARTS) is 1. The first kappa shape index (κ1) is 18.0. The summed E-state index contributed by atoms with van der Waals surface area (Å²) in [5.41, 5.74) is 0. The smallest absolute Gasteiger partial charge is 0.303 e. The standard InChI is InChI=1S/C12H23NO5S/c1-2-3-4-5-6-7-10-13-11(18-19(16)17)8-9-12(14)15/h2-10H2,1H3,(H,14,15)(H,16,17)/p-1. The Hall–Kier alpha value is -0.950. The van der Waals surface area contributed by atoms with Crippen molar-refractivity contribution >= 4 is 23.2 Å². The third kappa shape index (κ3) is 13.3. The second-order valence-electron chi connectivity index (χ2n) is 4.22. The van der Waals surface area contributed by atoms with E-state index in [9.17, 15) is 13.6 Å². The lowest BCUT2D eigenvalue weighted by Crippen LogP contribution is -2.10. The number of carbonyl (C=O) groups is 1. The molecule has 0 aliphatic rings. The van der Waals surface area contributed by atoms with E-state index in [0.717, 1.165) is 19.3 Å². The van der Waals surface area contributed by atoms with Gasteiger partial charge in [-0.1, -0.05) is 39.0 Å². The van der Waals surface area contributed by atoms with E-state index in [1.807, 2.05) is 0 Å². The lowest BCUT2D eigenvalue weighted by atomic mass is 10.1. The van der Waals surface area contributed by atoms with Crippen molar-refractivity contribution < 1.29 is 22.8 Å². The minimum Gasteiger partial charge on any atom is -0.740 e. The molecule has 112 valence electrons. The predicted octanol–water partition coefficient (Wildman–Crippen LogP) is 2.42. The third-order valence-electron chi connectivity index (χ3n) is 2.52. The van der Waals surface area contributed by atoms with E-state index < -0.39 is 17.3 Å². The van der Waals surface area contributed by atoms with Gasteiger partial charge < -0.3 is 13.8 Å². The zero-order valence-corrected chi connectivity index (χ0v) is 12.1. The van der Waals surface area contributed by atoms with Crippen LogP contribution in [-0.4, -0.2) is 32.3 Å². The molecule has 6 nitrogen and oxygen atoms in total. The molecule has 0 fully saturated rings. The minimum absolute atomic E-state index is 0.000845. The van der Waals surface area contributed by atoms with Gasteiger partial charge in [-0.25, -0.2) is 4.21 Å². The lowest BCUT2D eigenvalue weighted by Gasteiger charge is -2.09. The van der Waals surface area contributed by atoms with Gasteiger partial charge in [0.1, 0.15) is 11.4 Å². The molecule has 0 bridgehead atoms. The number of nitrogens with zero attached hydrogens (tertiary/aromatic N) is 1. The average Bonchev–Trinajstić information content (AvgIpc) is 2.33. The molecule has 0 saturated heterocycles. The zero-order chi connectivity index (χ0) is 14.5. The maximum atomic E-state index is 10.4. The summed E-state index contributed by atoms with van der Waals surface area (Å²) in [4.78, 5) is 14.4. The number of unbranched alkanes of at least 4 members (excludes halogenated alkanes) is 5. The highest BCUT2D eigenvalue weighted by Crippen LogP contribution is 2.06. The number of hydrogen-bond acceptors (Lipinski definition) is 5. The Morgan fingerprint density at radius 1 is 1.21 bits per heavy atom. The Balaban J connectivity index is 3.88. The summed E-state index contributed by atoms with van der Waals surface area (Å²) in [6.45, 7) is 2.62. The van der Waals surface area contributed by atoms with E-state index >= 15 is 0 Å². The van der Waals surface area contributed by atoms with Gasteiger partial charge in [-0.3, -0.25) is 9.79 Å². The lowest BCUT2D eigenvalue weighted by molar-refractivity contribution is -0.136. The van der Waals surface area contributed by atoms with Crippen molar-refractivity contribution in [2.75, 3.05) is 6.54 Å². The fourth-order valence-corrected chi connectivity index (χ4v) is 1.83. The van der Waals surface area contributed by atoms with Crippen LogP contribution >= 0.6 is 0 Å². The Labute approximate surface area is 116 Å². The summed E-state index contributed by atoms with van der Waals surface area (Å²) in [6, 6.07) is 0. The quantitative estimate of drug-likeness (QED) is 0.273. The second kappa shape index (κ2) is 12.1. The van der Waals surface area contributed by atoms with Gasteiger partial charge in [-0.15, -0.1) is 0 Å². The number of carboxylic acids is 1. The molecule has 0 spiro atoms. The summed E-state index contributed by atoms with van der Waals surface area (Å²) < 4.78 is 25.3. The Kier molecular flexibility index (Phi) is 11.5. The van der Waals surface area contributed by atoms with Crippen LogP contribution in [-0.2, 0) is 20.3 Å². The summed E-state index contributed by atoms with van der Waals surface area (Å²) in [7, 11) is 0. The fourth-order valence-electron chi connectivity index (χ4n) is 1.54. The third-order valence-corrected chi connectivity index (χ3v) is 2.85. The highest BCUT2D eigenvalue weighted by Gasteiger charge is 2.05. The second-order valence-corrected chi connectivity index (χ2v) is 4.80. The van der Waals surface area contributed by atoms with E-state index in [2.05, 4.69) is 16.1 Å². The molecule has 0 aliphatic heterocycles. The Bertz CT molecular complexity index is 306. The average molecular weight is 292 g/mol. The number of hydrogen-bond donors (Lipinski definition) is 1. The molecular formula is C12H22NO5S-.